The highest BCUT2D eigenvalue weighted by atomic mass is 19.1. The van der Waals surface area contributed by atoms with Crippen molar-refractivity contribution in [3.8, 4) is 5.75 Å². The fourth-order valence-corrected chi connectivity index (χ4v) is 1.94. The first-order valence-electron chi connectivity index (χ1n) is 6.56. The molecule has 1 heterocycles. The van der Waals surface area contributed by atoms with Crippen molar-refractivity contribution in [1.29, 1.82) is 0 Å². The largest absolute Gasteiger partial charge is 0.485 e. The Morgan fingerprint density at radius 2 is 2.30 bits per heavy atom. The van der Waals surface area contributed by atoms with Crippen LogP contribution in [0, 0.1) is 5.82 Å². The molecule has 1 atom stereocenters. The Kier molecular flexibility index (Phi) is 3.40. The third kappa shape index (κ3) is 2.80. The summed E-state index contributed by atoms with van der Waals surface area (Å²) >= 11 is 0. The van der Waals surface area contributed by atoms with Crippen LogP contribution in [0.3, 0.4) is 0 Å². The standard InChI is InChI=1S/C14H15FN2O3/c1-8(18)11-5-4-10(15)6-12(11)19-7-13-16-14(20-17-13)9-2-3-9/h4-6,8-9,18H,2-3,7H2,1H3/t8-/m0/s1. The Bertz CT molecular complexity index is 608. The maximum Gasteiger partial charge on any atom is 0.229 e. The molecule has 0 saturated heterocycles. The monoisotopic (exact) mass is 278 g/mol. The Morgan fingerprint density at radius 3 is 3.00 bits per heavy atom. The molecule has 1 aromatic carbocycles. The van der Waals surface area contributed by atoms with Gasteiger partial charge in [-0.15, -0.1) is 0 Å². The van der Waals surface area contributed by atoms with E-state index < -0.39 is 11.9 Å². The van der Waals surface area contributed by atoms with Gasteiger partial charge in [0, 0.05) is 17.5 Å². The minimum Gasteiger partial charge on any atom is -0.485 e. The zero-order chi connectivity index (χ0) is 14.1. The van der Waals surface area contributed by atoms with E-state index in [0.29, 0.717) is 23.2 Å². The molecule has 5 nitrogen and oxygen atoms in total. The molecule has 0 spiro atoms. The molecule has 1 saturated carbocycles. The fourth-order valence-electron chi connectivity index (χ4n) is 1.94. The molecule has 0 bridgehead atoms. The maximum absolute atomic E-state index is 13.2. The molecule has 1 N–H and O–H groups in total. The second-order valence-corrected chi connectivity index (χ2v) is 4.97. The van der Waals surface area contributed by atoms with Crippen LogP contribution < -0.4 is 4.74 Å². The number of halogens is 1. The number of aromatic nitrogens is 2. The molecule has 106 valence electrons. The van der Waals surface area contributed by atoms with Gasteiger partial charge in [-0.25, -0.2) is 4.39 Å². The van der Waals surface area contributed by atoms with Crippen molar-refractivity contribution >= 4 is 0 Å². The lowest BCUT2D eigenvalue weighted by atomic mass is 10.1. The zero-order valence-electron chi connectivity index (χ0n) is 11.0. The van der Waals surface area contributed by atoms with E-state index in [9.17, 15) is 9.50 Å². The van der Waals surface area contributed by atoms with E-state index in [1.165, 1.54) is 18.2 Å². The van der Waals surface area contributed by atoms with Crippen LogP contribution in [-0.4, -0.2) is 15.2 Å². The summed E-state index contributed by atoms with van der Waals surface area (Å²) in [6.45, 7) is 1.68. The topological polar surface area (TPSA) is 68.4 Å². The number of aliphatic hydroxyl groups is 1. The summed E-state index contributed by atoms with van der Waals surface area (Å²) < 4.78 is 23.9. The number of ether oxygens (including phenoxy) is 1. The summed E-state index contributed by atoms with van der Waals surface area (Å²) in [5.41, 5.74) is 0.525. The van der Waals surface area contributed by atoms with Crippen molar-refractivity contribution in [2.45, 2.75) is 38.4 Å². The molecular weight excluding hydrogens is 263 g/mol. The number of hydrogen-bond acceptors (Lipinski definition) is 5. The van der Waals surface area contributed by atoms with Gasteiger partial charge in [-0.3, -0.25) is 0 Å². The van der Waals surface area contributed by atoms with Gasteiger partial charge in [-0.05, 0) is 31.9 Å². The lowest BCUT2D eigenvalue weighted by molar-refractivity contribution is 0.189. The lowest BCUT2D eigenvalue weighted by Crippen LogP contribution is -2.03. The van der Waals surface area contributed by atoms with Crippen LogP contribution in [0.2, 0.25) is 0 Å². The van der Waals surface area contributed by atoms with E-state index in [4.69, 9.17) is 9.26 Å². The van der Waals surface area contributed by atoms with Gasteiger partial charge in [0.2, 0.25) is 11.7 Å². The summed E-state index contributed by atoms with van der Waals surface area (Å²) in [7, 11) is 0. The molecule has 1 aromatic heterocycles. The summed E-state index contributed by atoms with van der Waals surface area (Å²) in [5, 5.41) is 13.4. The number of nitrogens with zero attached hydrogens (tertiary/aromatic N) is 2. The molecule has 1 aliphatic rings. The SMILES string of the molecule is C[C@H](O)c1ccc(F)cc1OCc1noc(C2CC2)n1. The van der Waals surface area contributed by atoms with Gasteiger partial charge in [-0.2, -0.15) is 4.98 Å². The number of hydrogen-bond donors (Lipinski definition) is 1. The Labute approximate surface area is 115 Å². The normalized spacial score (nSPS) is 16.1. The van der Waals surface area contributed by atoms with Crippen LogP contribution in [0.4, 0.5) is 4.39 Å². The second-order valence-electron chi connectivity index (χ2n) is 4.97. The van der Waals surface area contributed by atoms with Crippen molar-refractivity contribution in [3.63, 3.8) is 0 Å². The highest BCUT2D eigenvalue weighted by molar-refractivity contribution is 5.35. The van der Waals surface area contributed by atoms with E-state index in [1.807, 2.05) is 0 Å². The van der Waals surface area contributed by atoms with Gasteiger partial charge >= 0.3 is 0 Å². The summed E-state index contributed by atoms with van der Waals surface area (Å²) in [5.74, 6) is 1.32. The molecule has 6 heteroatoms. The van der Waals surface area contributed by atoms with Gasteiger partial charge in [0.1, 0.15) is 11.6 Å². The predicted molar refractivity (Wildman–Crippen MR) is 67.6 cm³/mol. The first-order chi connectivity index (χ1) is 9.63. The Morgan fingerprint density at radius 1 is 1.50 bits per heavy atom. The minimum atomic E-state index is -0.738. The second kappa shape index (κ2) is 5.20. The molecule has 20 heavy (non-hydrogen) atoms. The van der Waals surface area contributed by atoms with E-state index in [0.717, 1.165) is 12.8 Å². The van der Waals surface area contributed by atoms with Crippen LogP contribution in [0.15, 0.2) is 22.7 Å². The zero-order valence-corrected chi connectivity index (χ0v) is 11.0. The fraction of sp³-hybridized carbons (Fsp3) is 0.429. The van der Waals surface area contributed by atoms with Crippen molar-refractivity contribution < 1.29 is 18.8 Å². The third-order valence-electron chi connectivity index (χ3n) is 3.19. The van der Waals surface area contributed by atoms with Gasteiger partial charge in [-0.1, -0.05) is 5.16 Å². The molecule has 2 aromatic rings. The highest BCUT2D eigenvalue weighted by Crippen LogP contribution is 2.38. The van der Waals surface area contributed by atoms with E-state index in [1.54, 1.807) is 6.92 Å². The average Bonchev–Trinajstić information content (AvgIpc) is 3.15. The third-order valence-corrected chi connectivity index (χ3v) is 3.19. The summed E-state index contributed by atoms with van der Waals surface area (Å²) in [4.78, 5) is 4.23. The van der Waals surface area contributed by atoms with Crippen molar-refractivity contribution in [2.75, 3.05) is 0 Å². The molecule has 0 radical (unpaired) electrons. The van der Waals surface area contributed by atoms with Crippen LogP contribution in [0.25, 0.3) is 0 Å². The van der Waals surface area contributed by atoms with Crippen LogP contribution in [-0.2, 0) is 6.61 Å². The summed E-state index contributed by atoms with van der Waals surface area (Å²) in [6, 6.07) is 4.03. The highest BCUT2D eigenvalue weighted by Gasteiger charge is 2.29. The quantitative estimate of drug-likeness (QED) is 0.910. The lowest BCUT2D eigenvalue weighted by Gasteiger charge is -2.12. The van der Waals surface area contributed by atoms with Crippen molar-refractivity contribution in [1.82, 2.24) is 10.1 Å². The van der Waals surface area contributed by atoms with E-state index in [-0.39, 0.29) is 12.4 Å². The molecule has 0 amide bonds. The Balaban J connectivity index is 1.71. The first-order valence-corrected chi connectivity index (χ1v) is 6.56. The molecule has 1 aliphatic carbocycles. The predicted octanol–water partition coefficient (Wildman–Crippen LogP) is 2.72. The van der Waals surface area contributed by atoms with E-state index >= 15 is 0 Å². The Hall–Kier alpha value is -1.95. The van der Waals surface area contributed by atoms with Crippen molar-refractivity contribution in [2.24, 2.45) is 0 Å². The molecule has 0 aliphatic heterocycles. The van der Waals surface area contributed by atoms with Crippen LogP contribution in [0.1, 0.15) is 49.1 Å². The smallest absolute Gasteiger partial charge is 0.229 e. The molecule has 1 fully saturated rings. The average molecular weight is 278 g/mol. The summed E-state index contributed by atoms with van der Waals surface area (Å²) in [6.07, 6.45) is 1.43. The van der Waals surface area contributed by atoms with E-state index in [2.05, 4.69) is 10.1 Å². The number of rotatable bonds is 5. The number of aliphatic hydroxyl groups excluding tert-OH is 1. The van der Waals surface area contributed by atoms with Crippen molar-refractivity contribution in [3.05, 3.63) is 41.3 Å². The van der Waals surface area contributed by atoms with Crippen LogP contribution in [0.5, 0.6) is 5.75 Å². The van der Waals surface area contributed by atoms with Gasteiger partial charge in [0.15, 0.2) is 6.61 Å². The number of benzene rings is 1. The van der Waals surface area contributed by atoms with Gasteiger partial charge in [0.05, 0.1) is 6.10 Å². The molecule has 0 unspecified atom stereocenters. The molecule has 3 rings (SSSR count). The van der Waals surface area contributed by atoms with Crippen LogP contribution >= 0.6 is 0 Å². The minimum absolute atomic E-state index is 0.0827. The first kappa shape index (κ1) is 13.1. The molecular formula is C14H15FN2O3. The van der Waals surface area contributed by atoms with Gasteiger partial charge in [0.25, 0.3) is 0 Å². The van der Waals surface area contributed by atoms with Gasteiger partial charge < -0.3 is 14.4 Å². The maximum atomic E-state index is 13.2.